The number of benzene rings is 2. The van der Waals surface area contributed by atoms with Crippen molar-refractivity contribution in [2.45, 2.75) is 11.4 Å². The topological polar surface area (TPSA) is 68.3 Å². The van der Waals surface area contributed by atoms with Gasteiger partial charge >= 0.3 is 0 Å². The summed E-state index contributed by atoms with van der Waals surface area (Å²) in [5.41, 5.74) is 1.09. The van der Waals surface area contributed by atoms with E-state index in [-0.39, 0.29) is 21.7 Å². The van der Waals surface area contributed by atoms with Gasteiger partial charge in [0.2, 0.25) is 16.8 Å². The number of piperazine rings is 1. The molecule has 0 atom stereocenters. The monoisotopic (exact) mass is 458 g/mol. The van der Waals surface area contributed by atoms with Crippen LogP contribution in [0.2, 0.25) is 10.0 Å². The van der Waals surface area contributed by atoms with Crippen LogP contribution in [0.4, 0.5) is 0 Å². The van der Waals surface area contributed by atoms with E-state index >= 15 is 0 Å². The van der Waals surface area contributed by atoms with Gasteiger partial charge in [0, 0.05) is 32.7 Å². The molecule has 1 fully saturated rings. The molecule has 2 aliphatic heterocycles. The molecule has 2 aromatic rings. The molecule has 1 saturated heterocycles. The Kier molecular flexibility index (Phi) is 5.81. The van der Waals surface area contributed by atoms with E-state index in [1.165, 1.54) is 23.5 Å². The fraction of sp³-hybridized carbons (Fsp3) is 0.368. The molecule has 2 heterocycles. The first-order chi connectivity index (χ1) is 13.9. The largest absolute Gasteiger partial charge is 0.495 e. The predicted molar refractivity (Wildman–Crippen MR) is 110 cm³/mol. The maximum absolute atomic E-state index is 13.0. The molecular formula is C19H20Cl2N2O5S. The minimum atomic E-state index is -3.75. The van der Waals surface area contributed by atoms with Gasteiger partial charge in [-0.15, -0.1) is 0 Å². The predicted octanol–water partition coefficient (Wildman–Crippen LogP) is 3.24. The van der Waals surface area contributed by atoms with Gasteiger partial charge in [-0.2, -0.15) is 4.31 Å². The first kappa shape index (κ1) is 20.6. The maximum Gasteiger partial charge on any atom is 0.244 e. The molecule has 4 rings (SSSR count). The Balaban J connectivity index is 1.43. The van der Waals surface area contributed by atoms with E-state index in [0.717, 1.165) is 17.1 Å². The normalized spacial score (nSPS) is 17.5. The molecule has 0 saturated carbocycles. The van der Waals surface area contributed by atoms with Crippen LogP contribution in [-0.2, 0) is 16.6 Å². The summed E-state index contributed by atoms with van der Waals surface area (Å²) < 4.78 is 43.4. The minimum absolute atomic E-state index is 0.00538. The zero-order valence-electron chi connectivity index (χ0n) is 15.7. The number of nitrogens with zero attached hydrogens (tertiary/aromatic N) is 2. The van der Waals surface area contributed by atoms with Crippen LogP contribution in [0.5, 0.6) is 17.2 Å². The third-order valence-corrected chi connectivity index (χ3v) is 7.94. The van der Waals surface area contributed by atoms with Crippen LogP contribution in [-0.4, -0.2) is 57.7 Å². The number of halogens is 2. The highest BCUT2D eigenvalue weighted by atomic mass is 35.5. The van der Waals surface area contributed by atoms with Crippen molar-refractivity contribution < 1.29 is 22.6 Å². The van der Waals surface area contributed by atoms with Crippen molar-refractivity contribution in [1.29, 1.82) is 0 Å². The summed E-state index contributed by atoms with van der Waals surface area (Å²) in [7, 11) is -2.30. The SMILES string of the molecule is COc1ccc(S(=O)(=O)N2CCN(Cc3ccc4c(c3)OCO4)CC2)c(Cl)c1Cl. The van der Waals surface area contributed by atoms with Crippen LogP contribution in [0.3, 0.4) is 0 Å². The number of methoxy groups -OCH3 is 1. The lowest BCUT2D eigenvalue weighted by Gasteiger charge is -2.34. The van der Waals surface area contributed by atoms with Crippen molar-refractivity contribution in [3.63, 3.8) is 0 Å². The maximum atomic E-state index is 13.0. The van der Waals surface area contributed by atoms with Gasteiger partial charge in [0.05, 0.1) is 12.1 Å². The van der Waals surface area contributed by atoms with Crippen LogP contribution < -0.4 is 14.2 Å². The summed E-state index contributed by atoms with van der Waals surface area (Å²) in [5.74, 6) is 1.83. The average Bonchev–Trinajstić information content (AvgIpc) is 3.18. The molecule has 2 aliphatic rings. The van der Waals surface area contributed by atoms with E-state index in [0.29, 0.717) is 38.5 Å². The van der Waals surface area contributed by atoms with Crippen LogP contribution >= 0.6 is 23.2 Å². The number of hydrogen-bond acceptors (Lipinski definition) is 6. The Morgan fingerprint density at radius 2 is 1.72 bits per heavy atom. The molecule has 0 radical (unpaired) electrons. The second kappa shape index (κ2) is 8.20. The molecule has 10 heteroatoms. The number of fused-ring (bicyclic) bond motifs is 1. The van der Waals surface area contributed by atoms with Gasteiger partial charge in [-0.3, -0.25) is 4.90 Å². The first-order valence-corrected chi connectivity index (χ1v) is 11.2. The van der Waals surface area contributed by atoms with Crippen LogP contribution in [0.25, 0.3) is 0 Å². The Morgan fingerprint density at radius 3 is 2.45 bits per heavy atom. The molecule has 0 amide bonds. The lowest BCUT2D eigenvalue weighted by molar-refractivity contribution is 0.173. The number of rotatable bonds is 5. The van der Waals surface area contributed by atoms with Crippen molar-refractivity contribution >= 4 is 33.2 Å². The van der Waals surface area contributed by atoms with Crippen LogP contribution in [0.15, 0.2) is 35.2 Å². The molecule has 7 nitrogen and oxygen atoms in total. The van der Waals surface area contributed by atoms with Crippen molar-refractivity contribution in [3.05, 3.63) is 45.9 Å². The summed E-state index contributed by atoms with van der Waals surface area (Å²) in [6, 6.07) is 8.80. The third-order valence-electron chi connectivity index (χ3n) is 5.02. The minimum Gasteiger partial charge on any atom is -0.495 e. The van der Waals surface area contributed by atoms with Crippen molar-refractivity contribution in [2.24, 2.45) is 0 Å². The fourth-order valence-electron chi connectivity index (χ4n) is 3.44. The molecule has 2 aromatic carbocycles. The Bertz CT molecular complexity index is 1020. The zero-order chi connectivity index (χ0) is 20.6. The molecule has 0 N–H and O–H groups in total. The average molecular weight is 459 g/mol. The highest BCUT2D eigenvalue weighted by Gasteiger charge is 2.31. The Labute approximate surface area is 179 Å². The third kappa shape index (κ3) is 4.00. The molecule has 0 bridgehead atoms. The van der Waals surface area contributed by atoms with E-state index in [1.807, 2.05) is 18.2 Å². The number of sulfonamides is 1. The van der Waals surface area contributed by atoms with E-state index in [1.54, 1.807) is 0 Å². The van der Waals surface area contributed by atoms with E-state index in [4.69, 9.17) is 37.4 Å². The van der Waals surface area contributed by atoms with Gasteiger partial charge in [-0.05, 0) is 29.8 Å². The summed E-state index contributed by atoms with van der Waals surface area (Å²) in [5, 5.41) is 0.0745. The highest BCUT2D eigenvalue weighted by Crippen LogP contribution is 2.38. The van der Waals surface area contributed by atoms with E-state index < -0.39 is 10.0 Å². The van der Waals surface area contributed by atoms with Gasteiger partial charge < -0.3 is 14.2 Å². The lowest BCUT2D eigenvalue weighted by atomic mass is 10.2. The second-order valence-electron chi connectivity index (χ2n) is 6.76. The van der Waals surface area contributed by atoms with Crippen molar-refractivity contribution in [3.8, 4) is 17.2 Å². The summed E-state index contributed by atoms with van der Waals surface area (Å²) in [6.07, 6.45) is 0. The van der Waals surface area contributed by atoms with E-state index in [9.17, 15) is 8.42 Å². The smallest absolute Gasteiger partial charge is 0.244 e. The Morgan fingerprint density at radius 1 is 1.00 bits per heavy atom. The number of hydrogen-bond donors (Lipinski definition) is 0. The molecule has 0 spiro atoms. The van der Waals surface area contributed by atoms with Crippen LogP contribution in [0, 0.1) is 0 Å². The van der Waals surface area contributed by atoms with E-state index in [2.05, 4.69) is 4.90 Å². The lowest BCUT2D eigenvalue weighted by Crippen LogP contribution is -2.48. The van der Waals surface area contributed by atoms with Crippen LogP contribution in [0.1, 0.15) is 5.56 Å². The molecule has 0 unspecified atom stereocenters. The summed E-state index contributed by atoms with van der Waals surface area (Å²) >= 11 is 12.3. The fourth-order valence-corrected chi connectivity index (χ4v) is 5.67. The van der Waals surface area contributed by atoms with Gasteiger partial charge in [0.15, 0.2) is 11.5 Å². The van der Waals surface area contributed by atoms with Gasteiger partial charge in [-0.25, -0.2) is 8.42 Å². The quantitative estimate of drug-likeness (QED) is 0.684. The molecule has 0 aromatic heterocycles. The second-order valence-corrected chi connectivity index (χ2v) is 9.42. The zero-order valence-corrected chi connectivity index (χ0v) is 18.1. The number of ether oxygens (including phenoxy) is 3. The van der Waals surface area contributed by atoms with Crippen molar-refractivity contribution in [1.82, 2.24) is 9.21 Å². The first-order valence-electron chi connectivity index (χ1n) is 9.03. The molecular weight excluding hydrogens is 439 g/mol. The van der Waals surface area contributed by atoms with Crippen molar-refractivity contribution in [2.75, 3.05) is 40.1 Å². The molecule has 29 heavy (non-hydrogen) atoms. The van der Waals surface area contributed by atoms with Gasteiger partial charge in [-0.1, -0.05) is 29.3 Å². The molecule has 0 aliphatic carbocycles. The summed E-state index contributed by atoms with van der Waals surface area (Å²) in [6.45, 7) is 2.90. The summed E-state index contributed by atoms with van der Waals surface area (Å²) in [4.78, 5) is 2.20. The standard InChI is InChI=1S/C19H20Cl2N2O5S/c1-26-15-4-5-17(19(21)18(15)20)29(24,25)23-8-6-22(7-9-23)11-13-2-3-14-16(10-13)28-12-27-14/h2-5,10H,6-9,11-12H2,1H3. The van der Waals surface area contributed by atoms with Gasteiger partial charge in [0.1, 0.15) is 15.7 Å². The molecule has 156 valence electrons. The highest BCUT2D eigenvalue weighted by molar-refractivity contribution is 7.89. The van der Waals surface area contributed by atoms with Gasteiger partial charge in [0.25, 0.3) is 0 Å². The Hall–Kier alpha value is -1.71.